The highest BCUT2D eigenvalue weighted by molar-refractivity contribution is 7.89. The number of aromatic nitrogens is 2. The van der Waals surface area contributed by atoms with Crippen LogP contribution in [-0.2, 0) is 34.8 Å². The van der Waals surface area contributed by atoms with Crippen LogP contribution in [0.5, 0.6) is 0 Å². The quantitative estimate of drug-likeness (QED) is 0.300. The number of fused-ring (bicyclic) bond motifs is 1. The van der Waals surface area contributed by atoms with Crippen molar-refractivity contribution in [1.82, 2.24) is 14.3 Å². The van der Waals surface area contributed by atoms with Crippen molar-refractivity contribution in [1.29, 1.82) is 0 Å². The summed E-state index contributed by atoms with van der Waals surface area (Å²) in [6, 6.07) is 18.8. The number of carbonyl (C=O) groups excluding carboxylic acids is 1. The Morgan fingerprint density at radius 1 is 1.12 bits per heavy atom. The number of aryl methyl sites for hydroxylation is 3. The highest BCUT2D eigenvalue weighted by atomic mass is 32.2. The summed E-state index contributed by atoms with van der Waals surface area (Å²) in [4.78, 5) is 20.4. The molecule has 0 radical (unpaired) electrons. The molecule has 2 aliphatic rings. The summed E-state index contributed by atoms with van der Waals surface area (Å²) in [6.45, 7) is 2.19. The van der Waals surface area contributed by atoms with Crippen LogP contribution in [0.4, 0.5) is 10.1 Å². The van der Waals surface area contributed by atoms with Crippen molar-refractivity contribution in [3.63, 3.8) is 0 Å². The van der Waals surface area contributed by atoms with Gasteiger partial charge in [-0.05, 0) is 91.6 Å². The number of rotatable bonds is 8. The lowest BCUT2D eigenvalue weighted by molar-refractivity contribution is -0.120. The molecule has 41 heavy (non-hydrogen) atoms. The van der Waals surface area contributed by atoms with Crippen molar-refractivity contribution in [2.45, 2.75) is 56.0 Å². The Bertz CT molecular complexity index is 1700. The fraction of sp³-hybridized carbons (Fsp3) is 0.312. The molecule has 1 heterocycles. The van der Waals surface area contributed by atoms with Crippen molar-refractivity contribution in [2.24, 2.45) is 13.0 Å². The van der Waals surface area contributed by atoms with Gasteiger partial charge in [-0.2, -0.15) is 0 Å². The molecule has 4 aromatic rings. The first kappa shape index (κ1) is 27.4. The molecule has 212 valence electrons. The first-order chi connectivity index (χ1) is 19.7. The second-order valence-electron chi connectivity index (χ2n) is 11.1. The van der Waals surface area contributed by atoms with Gasteiger partial charge >= 0.3 is 0 Å². The Hall–Kier alpha value is -3.82. The number of amides is 1. The van der Waals surface area contributed by atoms with Crippen LogP contribution in [0.25, 0.3) is 0 Å². The minimum atomic E-state index is -3.73. The van der Waals surface area contributed by atoms with E-state index >= 15 is 0 Å². The van der Waals surface area contributed by atoms with Crippen LogP contribution in [0, 0.1) is 18.7 Å². The number of nitrogens with zero attached hydrogens (tertiary/aromatic N) is 3. The number of hydrogen-bond donors (Lipinski definition) is 1. The van der Waals surface area contributed by atoms with Gasteiger partial charge in [0.05, 0.1) is 11.4 Å². The Labute approximate surface area is 240 Å². The van der Waals surface area contributed by atoms with E-state index in [4.69, 9.17) is 0 Å². The molecule has 1 amide bonds. The van der Waals surface area contributed by atoms with Gasteiger partial charge in [-0.15, -0.1) is 0 Å². The maximum Gasteiger partial charge on any atom is 0.241 e. The summed E-state index contributed by atoms with van der Waals surface area (Å²) >= 11 is 0. The normalized spacial score (nSPS) is 19.9. The zero-order valence-corrected chi connectivity index (χ0v) is 23.9. The van der Waals surface area contributed by atoms with Gasteiger partial charge in [0.15, 0.2) is 0 Å². The Morgan fingerprint density at radius 2 is 1.93 bits per heavy atom. The molecule has 6 rings (SSSR count). The zero-order chi connectivity index (χ0) is 28.7. The molecule has 0 spiro atoms. The topological polar surface area (TPSA) is 84.3 Å². The summed E-state index contributed by atoms with van der Waals surface area (Å²) in [5.41, 5.74) is 4.48. The monoisotopic (exact) mass is 572 g/mol. The lowest BCUT2D eigenvalue weighted by atomic mass is 9.87. The van der Waals surface area contributed by atoms with Crippen LogP contribution in [0.3, 0.4) is 0 Å². The first-order valence-electron chi connectivity index (χ1n) is 13.9. The van der Waals surface area contributed by atoms with Crippen LogP contribution >= 0.6 is 0 Å². The van der Waals surface area contributed by atoms with Crippen LogP contribution in [0.15, 0.2) is 84.0 Å². The SMILES string of the molecule is Cc1ccc(S(=O)(=O)N[C@H]2CCCc3ccc(N(Cc4nccn4C)C(=O)[C@@H]4C[C@H]4c4cccc(F)c4)cc32)cc1. The van der Waals surface area contributed by atoms with E-state index in [0.29, 0.717) is 18.5 Å². The minimum Gasteiger partial charge on any atom is -0.337 e. The predicted octanol–water partition coefficient (Wildman–Crippen LogP) is 5.56. The summed E-state index contributed by atoms with van der Waals surface area (Å²) in [5, 5.41) is 0. The number of imidazole rings is 1. The molecular weight excluding hydrogens is 539 g/mol. The number of benzene rings is 3. The maximum absolute atomic E-state index is 14.0. The van der Waals surface area contributed by atoms with Crippen LogP contribution in [0.2, 0.25) is 0 Å². The molecule has 9 heteroatoms. The maximum atomic E-state index is 14.0. The summed E-state index contributed by atoms with van der Waals surface area (Å²) in [5.74, 6) is 0.0856. The number of anilines is 1. The summed E-state index contributed by atoms with van der Waals surface area (Å²) in [7, 11) is -1.85. The fourth-order valence-electron chi connectivity index (χ4n) is 5.81. The smallest absolute Gasteiger partial charge is 0.241 e. The van der Waals surface area contributed by atoms with Gasteiger partial charge in [-0.25, -0.2) is 22.5 Å². The molecule has 1 N–H and O–H groups in total. The highest BCUT2D eigenvalue weighted by Crippen LogP contribution is 2.49. The predicted molar refractivity (Wildman–Crippen MR) is 155 cm³/mol. The van der Waals surface area contributed by atoms with Crippen LogP contribution in [-0.4, -0.2) is 23.9 Å². The van der Waals surface area contributed by atoms with Crippen molar-refractivity contribution in [2.75, 3.05) is 4.90 Å². The number of halogens is 1. The van der Waals surface area contributed by atoms with Crippen LogP contribution in [0.1, 0.15) is 59.3 Å². The number of carbonyl (C=O) groups is 1. The molecule has 0 bridgehead atoms. The molecule has 2 aliphatic carbocycles. The van der Waals surface area contributed by atoms with E-state index in [1.54, 1.807) is 41.4 Å². The van der Waals surface area contributed by atoms with Gasteiger partial charge in [0.25, 0.3) is 0 Å². The highest BCUT2D eigenvalue weighted by Gasteiger charge is 2.46. The molecule has 3 aromatic carbocycles. The fourth-order valence-corrected chi connectivity index (χ4v) is 7.06. The molecule has 7 nitrogen and oxygen atoms in total. The largest absolute Gasteiger partial charge is 0.337 e. The molecule has 0 saturated heterocycles. The van der Waals surface area contributed by atoms with Gasteiger partial charge in [0, 0.05) is 37.1 Å². The second-order valence-corrected chi connectivity index (χ2v) is 12.9. The van der Waals surface area contributed by atoms with Gasteiger partial charge in [-0.1, -0.05) is 35.9 Å². The van der Waals surface area contributed by atoms with Crippen molar-refractivity contribution in [3.8, 4) is 0 Å². The molecule has 3 atom stereocenters. The van der Waals surface area contributed by atoms with Crippen LogP contribution < -0.4 is 9.62 Å². The molecule has 1 fully saturated rings. The van der Waals surface area contributed by atoms with Gasteiger partial charge < -0.3 is 9.47 Å². The average Bonchev–Trinajstić information content (AvgIpc) is 3.66. The zero-order valence-electron chi connectivity index (χ0n) is 23.1. The van der Waals surface area contributed by atoms with E-state index in [1.165, 1.54) is 12.1 Å². The number of nitrogens with one attached hydrogen (secondary N) is 1. The van der Waals surface area contributed by atoms with Gasteiger partial charge in [0.2, 0.25) is 15.9 Å². The molecular formula is C32H33FN4O3S. The Morgan fingerprint density at radius 3 is 2.66 bits per heavy atom. The number of sulfonamides is 1. The van der Waals surface area contributed by atoms with E-state index in [0.717, 1.165) is 40.9 Å². The number of hydrogen-bond acceptors (Lipinski definition) is 4. The minimum absolute atomic E-state index is 0.0336. The van der Waals surface area contributed by atoms with Crippen molar-refractivity contribution in [3.05, 3.63) is 113 Å². The Kier molecular flexibility index (Phi) is 7.25. The lowest BCUT2D eigenvalue weighted by Crippen LogP contribution is -2.34. The van der Waals surface area contributed by atoms with E-state index < -0.39 is 16.1 Å². The third-order valence-corrected chi connectivity index (χ3v) is 9.74. The molecule has 1 aromatic heterocycles. The molecule has 1 saturated carbocycles. The van der Waals surface area contributed by atoms with E-state index in [1.807, 2.05) is 49.0 Å². The molecule has 0 aliphatic heterocycles. The standard InChI is InChI=1S/C32H33FN4O3S/c1-21-9-13-26(14-10-21)41(39,40)35-30-8-4-5-22-11-12-25(18-28(22)30)37(20-31-34-15-16-36(31)2)32(38)29-19-27(29)23-6-3-7-24(33)17-23/h3,6-7,9-18,27,29-30,35H,4-5,8,19-20H2,1-2H3/t27-,29+,30-/m0/s1. The van der Waals surface area contributed by atoms with E-state index in [-0.39, 0.29) is 35.0 Å². The van der Waals surface area contributed by atoms with Crippen molar-refractivity contribution >= 4 is 21.6 Å². The summed E-state index contributed by atoms with van der Waals surface area (Å²) in [6.07, 6.45) is 6.57. The first-order valence-corrected chi connectivity index (χ1v) is 15.4. The Balaban J connectivity index is 1.31. The third kappa shape index (κ3) is 5.69. The van der Waals surface area contributed by atoms with Gasteiger partial charge in [0.1, 0.15) is 11.6 Å². The average molecular weight is 573 g/mol. The van der Waals surface area contributed by atoms with E-state index in [9.17, 15) is 17.6 Å². The second kappa shape index (κ2) is 10.9. The van der Waals surface area contributed by atoms with Gasteiger partial charge in [-0.3, -0.25) is 4.79 Å². The van der Waals surface area contributed by atoms with Crippen molar-refractivity contribution < 1.29 is 17.6 Å². The third-order valence-electron chi connectivity index (χ3n) is 8.26. The lowest BCUT2D eigenvalue weighted by Gasteiger charge is -2.29. The molecule has 0 unspecified atom stereocenters. The summed E-state index contributed by atoms with van der Waals surface area (Å²) < 4.78 is 45.2. The van der Waals surface area contributed by atoms with E-state index in [2.05, 4.69) is 9.71 Å².